The monoisotopic (exact) mass is 226 g/mol. The molecule has 0 unspecified atom stereocenters. The van der Waals surface area contributed by atoms with E-state index < -0.39 is 0 Å². The molecule has 0 aliphatic rings. The van der Waals surface area contributed by atoms with Gasteiger partial charge < -0.3 is 5.32 Å². The number of anilines is 1. The van der Waals surface area contributed by atoms with Crippen LogP contribution in [-0.2, 0) is 6.42 Å². The van der Waals surface area contributed by atoms with Crippen LogP contribution in [0.1, 0.15) is 22.4 Å². The fourth-order valence-corrected chi connectivity index (χ4v) is 1.85. The van der Waals surface area contributed by atoms with E-state index in [4.69, 9.17) is 5.26 Å². The average Bonchev–Trinajstić information content (AvgIpc) is 2.71. The summed E-state index contributed by atoms with van der Waals surface area (Å²) in [4.78, 5) is 0. The quantitative estimate of drug-likeness (QED) is 0.843. The van der Waals surface area contributed by atoms with E-state index in [1.54, 1.807) is 0 Å². The lowest BCUT2D eigenvalue weighted by Gasteiger charge is -2.05. The van der Waals surface area contributed by atoms with Crippen LogP contribution in [-0.4, -0.2) is 17.2 Å². The van der Waals surface area contributed by atoms with Gasteiger partial charge in [0.1, 0.15) is 0 Å². The second kappa shape index (κ2) is 4.71. The molecule has 2 rings (SSSR count). The topological polar surface area (TPSA) is 64.5 Å². The molecule has 0 amide bonds. The van der Waals surface area contributed by atoms with Crippen LogP contribution in [0.15, 0.2) is 24.3 Å². The van der Waals surface area contributed by atoms with Crippen molar-refractivity contribution in [2.24, 2.45) is 0 Å². The number of nitriles is 1. The highest BCUT2D eigenvalue weighted by molar-refractivity contribution is 5.50. The van der Waals surface area contributed by atoms with E-state index in [-0.39, 0.29) is 0 Å². The van der Waals surface area contributed by atoms with Crippen molar-refractivity contribution in [1.82, 2.24) is 10.2 Å². The van der Waals surface area contributed by atoms with Crippen molar-refractivity contribution in [1.29, 1.82) is 5.26 Å². The molecule has 0 spiro atoms. The number of aromatic amines is 1. The SMILES string of the molecule is CNc1n[nH]c(C)c1Cc1ccccc1C#N. The van der Waals surface area contributed by atoms with Gasteiger partial charge in [0.15, 0.2) is 5.82 Å². The Kier molecular flexibility index (Phi) is 3.10. The molecule has 4 heteroatoms. The molecule has 0 bridgehead atoms. The Morgan fingerprint density at radius 3 is 2.88 bits per heavy atom. The van der Waals surface area contributed by atoms with E-state index in [0.29, 0.717) is 6.42 Å². The second-order valence-electron chi connectivity index (χ2n) is 3.87. The highest BCUT2D eigenvalue weighted by Gasteiger charge is 2.11. The molecule has 1 aromatic heterocycles. The molecule has 0 aliphatic heterocycles. The highest BCUT2D eigenvalue weighted by Crippen LogP contribution is 2.21. The van der Waals surface area contributed by atoms with Gasteiger partial charge in [-0.15, -0.1) is 0 Å². The van der Waals surface area contributed by atoms with Crippen molar-refractivity contribution in [3.8, 4) is 6.07 Å². The number of benzene rings is 1. The Morgan fingerprint density at radius 1 is 1.41 bits per heavy atom. The van der Waals surface area contributed by atoms with Crippen molar-refractivity contribution in [3.63, 3.8) is 0 Å². The lowest BCUT2D eigenvalue weighted by Crippen LogP contribution is -1.97. The minimum absolute atomic E-state index is 0.711. The summed E-state index contributed by atoms with van der Waals surface area (Å²) in [6, 6.07) is 9.85. The minimum atomic E-state index is 0.711. The molecule has 17 heavy (non-hydrogen) atoms. The Balaban J connectivity index is 2.38. The lowest BCUT2D eigenvalue weighted by atomic mass is 10.0. The third kappa shape index (κ3) is 2.13. The molecule has 0 radical (unpaired) electrons. The molecular formula is C13H14N4. The largest absolute Gasteiger partial charge is 0.371 e. The van der Waals surface area contributed by atoms with Gasteiger partial charge in [-0.05, 0) is 18.6 Å². The Hall–Kier alpha value is -2.28. The van der Waals surface area contributed by atoms with E-state index in [2.05, 4.69) is 21.6 Å². The van der Waals surface area contributed by atoms with Gasteiger partial charge in [-0.3, -0.25) is 5.10 Å². The molecule has 86 valence electrons. The molecule has 1 heterocycles. The molecule has 0 saturated carbocycles. The molecule has 0 aliphatic carbocycles. The molecule has 0 atom stereocenters. The van der Waals surface area contributed by atoms with Crippen molar-refractivity contribution in [2.45, 2.75) is 13.3 Å². The van der Waals surface area contributed by atoms with Crippen LogP contribution >= 0.6 is 0 Å². The Bertz CT molecular complexity index is 563. The van der Waals surface area contributed by atoms with Gasteiger partial charge in [0, 0.05) is 24.7 Å². The predicted octanol–water partition coefficient (Wildman–Crippen LogP) is 2.22. The predicted molar refractivity (Wildman–Crippen MR) is 66.8 cm³/mol. The summed E-state index contributed by atoms with van der Waals surface area (Å²) in [6.07, 6.45) is 0.711. The molecule has 0 saturated heterocycles. The maximum absolute atomic E-state index is 9.05. The van der Waals surface area contributed by atoms with E-state index >= 15 is 0 Å². The standard InChI is InChI=1S/C13H14N4/c1-9-12(13(15-2)17-16-9)7-10-5-3-4-6-11(10)8-14/h3-6H,7H2,1-2H3,(H2,15,16,17). The van der Waals surface area contributed by atoms with Gasteiger partial charge in [0.2, 0.25) is 0 Å². The smallest absolute Gasteiger partial charge is 0.151 e. The number of aromatic nitrogens is 2. The van der Waals surface area contributed by atoms with E-state index in [0.717, 1.165) is 28.2 Å². The summed E-state index contributed by atoms with van der Waals surface area (Å²) in [5.41, 5.74) is 3.88. The van der Waals surface area contributed by atoms with E-state index in [1.807, 2.05) is 38.2 Å². The first-order valence-corrected chi connectivity index (χ1v) is 5.46. The number of nitrogens with one attached hydrogen (secondary N) is 2. The van der Waals surface area contributed by atoms with Crippen LogP contribution in [0.25, 0.3) is 0 Å². The van der Waals surface area contributed by atoms with Gasteiger partial charge >= 0.3 is 0 Å². The summed E-state index contributed by atoms with van der Waals surface area (Å²) < 4.78 is 0. The van der Waals surface area contributed by atoms with Crippen LogP contribution in [0.2, 0.25) is 0 Å². The Morgan fingerprint density at radius 2 is 2.18 bits per heavy atom. The van der Waals surface area contributed by atoms with Gasteiger partial charge in [-0.25, -0.2) is 0 Å². The van der Waals surface area contributed by atoms with E-state index in [9.17, 15) is 0 Å². The molecule has 2 N–H and O–H groups in total. The maximum atomic E-state index is 9.05. The summed E-state index contributed by atoms with van der Waals surface area (Å²) >= 11 is 0. The first kappa shape index (κ1) is 11.2. The molecule has 4 nitrogen and oxygen atoms in total. The summed E-state index contributed by atoms with van der Waals surface area (Å²) in [6.45, 7) is 1.98. The second-order valence-corrected chi connectivity index (χ2v) is 3.87. The van der Waals surface area contributed by atoms with Crippen molar-refractivity contribution < 1.29 is 0 Å². The minimum Gasteiger partial charge on any atom is -0.371 e. The number of nitrogens with zero attached hydrogens (tertiary/aromatic N) is 2. The summed E-state index contributed by atoms with van der Waals surface area (Å²) in [5.74, 6) is 0.843. The zero-order valence-corrected chi connectivity index (χ0v) is 9.91. The molecule has 0 fully saturated rings. The van der Waals surface area contributed by atoms with Gasteiger partial charge in [-0.2, -0.15) is 10.4 Å². The van der Waals surface area contributed by atoms with Crippen molar-refractivity contribution >= 4 is 5.82 Å². The number of hydrogen-bond donors (Lipinski definition) is 2. The van der Waals surface area contributed by atoms with Crippen LogP contribution in [0.3, 0.4) is 0 Å². The first-order chi connectivity index (χ1) is 8.26. The zero-order chi connectivity index (χ0) is 12.3. The number of H-pyrrole nitrogens is 1. The number of hydrogen-bond acceptors (Lipinski definition) is 3. The van der Waals surface area contributed by atoms with Gasteiger partial charge in [0.25, 0.3) is 0 Å². The van der Waals surface area contributed by atoms with Crippen molar-refractivity contribution in [2.75, 3.05) is 12.4 Å². The molecule has 2 aromatic rings. The zero-order valence-electron chi connectivity index (χ0n) is 9.91. The third-order valence-corrected chi connectivity index (χ3v) is 2.82. The van der Waals surface area contributed by atoms with Crippen LogP contribution in [0.4, 0.5) is 5.82 Å². The van der Waals surface area contributed by atoms with Gasteiger partial charge in [0.05, 0.1) is 11.6 Å². The maximum Gasteiger partial charge on any atom is 0.151 e. The summed E-state index contributed by atoms with van der Waals surface area (Å²) in [7, 11) is 1.84. The lowest BCUT2D eigenvalue weighted by molar-refractivity contribution is 1.04. The van der Waals surface area contributed by atoms with E-state index in [1.165, 1.54) is 0 Å². The molecular weight excluding hydrogens is 212 g/mol. The fraction of sp³-hybridized carbons (Fsp3) is 0.231. The Labute approximate surface area is 100 Å². The number of aryl methyl sites for hydroxylation is 1. The first-order valence-electron chi connectivity index (χ1n) is 5.46. The average molecular weight is 226 g/mol. The van der Waals surface area contributed by atoms with Crippen LogP contribution in [0.5, 0.6) is 0 Å². The third-order valence-electron chi connectivity index (χ3n) is 2.82. The number of rotatable bonds is 3. The highest BCUT2D eigenvalue weighted by atomic mass is 15.2. The normalized spacial score (nSPS) is 9.94. The van der Waals surface area contributed by atoms with Gasteiger partial charge in [-0.1, -0.05) is 18.2 Å². The van der Waals surface area contributed by atoms with Crippen LogP contribution < -0.4 is 5.32 Å². The fourth-order valence-electron chi connectivity index (χ4n) is 1.85. The van der Waals surface area contributed by atoms with Crippen molar-refractivity contribution in [3.05, 3.63) is 46.6 Å². The van der Waals surface area contributed by atoms with Crippen LogP contribution in [0, 0.1) is 18.3 Å². The summed E-state index contributed by atoms with van der Waals surface area (Å²) in [5, 5.41) is 19.2. The molecule has 1 aromatic carbocycles.